The van der Waals surface area contributed by atoms with Gasteiger partial charge >= 0.3 is 0 Å². The van der Waals surface area contributed by atoms with Gasteiger partial charge in [-0.1, -0.05) is 57.3 Å². The highest BCUT2D eigenvalue weighted by Gasteiger charge is 2.07. The highest BCUT2D eigenvalue weighted by molar-refractivity contribution is 9.10. The molecular weight excluding hydrogens is 321 g/mol. The Morgan fingerprint density at radius 2 is 1.82 bits per heavy atom. The predicted molar refractivity (Wildman–Crippen MR) is 77.8 cm³/mol. The van der Waals surface area contributed by atoms with Crippen molar-refractivity contribution in [2.45, 2.75) is 6.42 Å². The molecule has 0 amide bonds. The van der Waals surface area contributed by atoms with E-state index in [4.69, 9.17) is 28.9 Å². The number of hydrogen-bond acceptors (Lipinski definition) is 1. The van der Waals surface area contributed by atoms with Gasteiger partial charge in [-0.25, -0.2) is 0 Å². The minimum Gasteiger partial charge on any atom is -0.399 e. The maximum Gasteiger partial charge on any atom is 0.0627 e. The van der Waals surface area contributed by atoms with Gasteiger partial charge in [-0.3, -0.25) is 0 Å². The van der Waals surface area contributed by atoms with Gasteiger partial charge in [0, 0.05) is 16.6 Å². The standard InChI is InChI=1S/C13H10BrCl2N/c14-11-7-10(17)5-4-8(11)6-9-2-1-3-12(15)13(9)16/h1-5,7H,6,17H2. The Morgan fingerprint density at radius 1 is 1.06 bits per heavy atom. The summed E-state index contributed by atoms with van der Waals surface area (Å²) >= 11 is 15.6. The van der Waals surface area contributed by atoms with Crippen molar-refractivity contribution in [1.29, 1.82) is 0 Å². The Kier molecular flexibility index (Phi) is 3.97. The third kappa shape index (κ3) is 2.95. The van der Waals surface area contributed by atoms with Crippen LogP contribution >= 0.6 is 39.1 Å². The molecule has 0 saturated carbocycles. The van der Waals surface area contributed by atoms with E-state index in [9.17, 15) is 0 Å². The molecule has 0 spiro atoms. The second kappa shape index (κ2) is 5.30. The normalized spacial score (nSPS) is 10.5. The largest absolute Gasteiger partial charge is 0.399 e. The summed E-state index contributed by atoms with van der Waals surface area (Å²) in [7, 11) is 0. The molecule has 2 aromatic carbocycles. The van der Waals surface area contributed by atoms with Gasteiger partial charge in [0.2, 0.25) is 0 Å². The Morgan fingerprint density at radius 3 is 2.53 bits per heavy atom. The molecule has 2 aromatic rings. The smallest absolute Gasteiger partial charge is 0.0627 e. The van der Waals surface area contributed by atoms with Crippen LogP contribution in [-0.4, -0.2) is 0 Å². The highest BCUT2D eigenvalue weighted by Crippen LogP contribution is 2.29. The lowest BCUT2D eigenvalue weighted by molar-refractivity contribution is 1.18. The first-order valence-electron chi connectivity index (χ1n) is 5.04. The zero-order valence-corrected chi connectivity index (χ0v) is 12.0. The number of rotatable bonds is 2. The van der Waals surface area contributed by atoms with Crippen LogP contribution in [-0.2, 0) is 6.42 Å². The molecule has 2 N–H and O–H groups in total. The summed E-state index contributed by atoms with van der Waals surface area (Å²) < 4.78 is 0.980. The Balaban J connectivity index is 2.35. The second-order valence-corrected chi connectivity index (χ2v) is 5.38. The van der Waals surface area contributed by atoms with E-state index < -0.39 is 0 Å². The maximum absolute atomic E-state index is 6.15. The summed E-state index contributed by atoms with van der Waals surface area (Å²) in [6.07, 6.45) is 0.722. The lowest BCUT2D eigenvalue weighted by Gasteiger charge is -2.08. The molecule has 0 fully saturated rings. The first kappa shape index (κ1) is 12.7. The first-order chi connectivity index (χ1) is 8.08. The minimum atomic E-state index is 0.579. The molecular formula is C13H10BrCl2N. The van der Waals surface area contributed by atoms with E-state index in [-0.39, 0.29) is 0 Å². The number of nitrogens with two attached hydrogens (primary N) is 1. The quantitative estimate of drug-likeness (QED) is 0.776. The SMILES string of the molecule is Nc1ccc(Cc2cccc(Cl)c2Cl)c(Br)c1. The van der Waals surface area contributed by atoms with Crippen LogP contribution < -0.4 is 5.73 Å². The molecule has 0 radical (unpaired) electrons. The molecule has 1 nitrogen and oxygen atoms in total. The Hall–Kier alpha value is -0.700. The zero-order chi connectivity index (χ0) is 12.4. The predicted octanol–water partition coefficient (Wildman–Crippen LogP) is 4.93. The van der Waals surface area contributed by atoms with Crippen LogP contribution in [0.3, 0.4) is 0 Å². The molecule has 0 aliphatic rings. The molecule has 0 aromatic heterocycles. The van der Waals surface area contributed by atoms with Gasteiger partial charge in [-0.15, -0.1) is 0 Å². The van der Waals surface area contributed by atoms with Crippen molar-refractivity contribution in [3.05, 3.63) is 62.0 Å². The lowest BCUT2D eigenvalue weighted by Crippen LogP contribution is -1.93. The fourth-order valence-electron chi connectivity index (χ4n) is 1.60. The fourth-order valence-corrected chi connectivity index (χ4v) is 2.52. The van der Waals surface area contributed by atoms with Gasteiger partial charge in [0.05, 0.1) is 10.0 Å². The monoisotopic (exact) mass is 329 g/mol. The Bertz CT molecular complexity index is 555. The van der Waals surface area contributed by atoms with Gasteiger partial charge in [0.15, 0.2) is 0 Å². The van der Waals surface area contributed by atoms with Crippen molar-refractivity contribution in [2.75, 3.05) is 5.73 Å². The zero-order valence-electron chi connectivity index (χ0n) is 8.88. The van der Waals surface area contributed by atoms with Crippen LogP contribution in [0.2, 0.25) is 10.0 Å². The lowest BCUT2D eigenvalue weighted by atomic mass is 10.0. The molecule has 0 atom stereocenters. The molecule has 2 rings (SSSR count). The van der Waals surface area contributed by atoms with E-state index in [1.165, 1.54) is 0 Å². The van der Waals surface area contributed by atoms with Crippen LogP contribution in [0.4, 0.5) is 5.69 Å². The fraction of sp³-hybridized carbons (Fsp3) is 0.0769. The van der Waals surface area contributed by atoms with Gasteiger partial charge in [-0.2, -0.15) is 0 Å². The van der Waals surface area contributed by atoms with Gasteiger partial charge in [0.25, 0.3) is 0 Å². The van der Waals surface area contributed by atoms with Crippen molar-refractivity contribution in [2.24, 2.45) is 0 Å². The Labute approximate surface area is 119 Å². The summed E-state index contributed by atoms with van der Waals surface area (Å²) in [6.45, 7) is 0. The summed E-state index contributed by atoms with van der Waals surface area (Å²) in [5, 5.41) is 1.19. The average Bonchev–Trinajstić information content (AvgIpc) is 2.28. The number of halogens is 3. The molecule has 0 saturated heterocycles. The molecule has 0 heterocycles. The number of nitrogen functional groups attached to an aromatic ring is 1. The van der Waals surface area contributed by atoms with E-state index in [0.717, 1.165) is 27.7 Å². The van der Waals surface area contributed by atoms with Crippen LogP contribution in [0, 0.1) is 0 Å². The molecule has 0 aliphatic carbocycles. The third-order valence-electron chi connectivity index (χ3n) is 2.49. The average molecular weight is 331 g/mol. The first-order valence-corrected chi connectivity index (χ1v) is 6.59. The maximum atomic E-state index is 6.15. The van der Waals surface area contributed by atoms with E-state index in [2.05, 4.69) is 15.9 Å². The number of benzene rings is 2. The second-order valence-electron chi connectivity index (χ2n) is 3.74. The highest BCUT2D eigenvalue weighted by atomic mass is 79.9. The number of hydrogen-bond donors (Lipinski definition) is 1. The van der Waals surface area contributed by atoms with Crippen molar-refractivity contribution < 1.29 is 0 Å². The molecule has 0 bridgehead atoms. The van der Waals surface area contributed by atoms with Gasteiger partial charge in [0.1, 0.15) is 0 Å². The van der Waals surface area contributed by atoms with Crippen molar-refractivity contribution in [1.82, 2.24) is 0 Å². The summed E-state index contributed by atoms with van der Waals surface area (Å²) in [5.74, 6) is 0. The number of anilines is 1. The van der Waals surface area contributed by atoms with Crippen molar-refractivity contribution in [3.8, 4) is 0 Å². The van der Waals surface area contributed by atoms with Crippen molar-refractivity contribution in [3.63, 3.8) is 0 Å². The topological polar surface area (TPSA) is 26.0 Å². The third-order valence-corrected chi connectivity index (χ3v) is 4.09. The molecule has 0 unspecified atom stereocenters. The van der Waals surface area contributed by atoms with Gasteiger partial charge < -0.3 is 5.73 Å². The minimum absolute atomic E-state index is 0.579. The van der Waals surface area contributed by atoms with Gasteiger partial charge in [-0.05, 0) is 29.3 Å². The van der Waals surface area contributed by atoms with E-state index >= 15 is 0 Å². The summed E-state index contributed by atoms with van der Waals surface area (Å²) in [4.78, 5) is 0. The van der Waals surface area contributed by atoms with Crippen LogP contribution in [0.1, 0.15) is 11.1 Å². The molecule has 17 heavy (non-hydrogen) atoms. The summed E-state index contributed by atoms with van der Waals surface area (Å²) in [6, 6.07) is 11.4. The van der Waals surface area contributed by atoms with Crippen molar-refractivity contribution >= 4 is 44.8 Å². The van der Waals surface area contributed by atoms with E-state index in [1.807, 2.05) is 30.3 Å². The van der Waals surface area contributed by atoms with Crippen LogP contribution in [0.15, 0.2) is 40.9 Å². The van der Waals surface area contributed by atoms with E-state index in [1.54, 1.807) is 6.07 Å². The molecule has 4 heteroatoms. The molecule has 88 valence electrons. The molecule has 0 aliphatic heterocycles. The van der Waals surface area contributed by atoms with E-state index in [0.29, 0.717) is 10.0 Å². The van der Waals surface area contributed by atoms with Crippen LogP contribution in [0.25, 0.3) is 0 Å². The van der Waals surface area contributed by atoms with Crippen LogP contribution in [0.5, 0.6) is 0 Å². The summed E-state index contributed by atoms with van der Waals surface area (Å²) in [5.41, 5.74) is 8.56.